The zero-order valence-electron chi connectivity index (χ0n) is 20.6. The summed E-state index contributed by atoms with van der Waals surface area (Å²) in [7, 11) is -4.06. The summed E-state index contributed by atoms with van der Waals surface area (Å²) in [6.07, 6.45) is 7.55. The molecule has 0 spiro atoms. The third-order valence-corrected chi connectivity index (χ3v) is 10.0. The second kappa shape index (κ2) is 8.59. The molecule has 4 rings (SSSR count). The van der Waals surface area contributed by atoms with Crippen LogP contribution in [0.3, 0.4) is 0 Å². The van der Waals surface area contributed by atoms with E-state index in [1.165, 1.54) is 0 Å². The first-order valence-electron chi connectivity index (χ1n) is 12.2. The van der Waals surface area contributed by atoms with E-state index in [1.807, 2.05) is 10.8 Å². The highest BCUT2D eigenvalue weighted by Crippen LogP contribution is 2.65. The molecule has 0 heterocycles. The molecule has 3 unspecified atom stereocenters. The van der Waals surface area contributed by atoms with Crippen molar-refractivity contribution in [1.82, 2.24) is 9.44 Å². The van der Waals surface area contributed by atoms with Crippen molar-refractivity contribution in [3.63, 3.8) is 0 Å². The van der Waals surface area contributed by atoms with Crippen LogP contribution >= 0.6 is 0 Å². The van der Waals surface area contributed by atoms with Crippen LogP contribution in [0.4, 0.5) is 4.79 Å². The minimum atomic E-state index is -4.06. The van der Waals surface area contributed by atoms with E-state index in [4.69, 9.17) is 4.74 Å². The van der Waals surface area contributed by atoms with E-state index in [9.17, 15) is 22.8 Å². The van der Waals surface area contributed by atoms with E-state index < -0.39 is 22.4 Å². The Hall–Kier alpha value is -2.00. The van der Waals surface area contributed by atoms with Gasteiger partial charge in [0.1, 0.15) is 11.9 Å². The molecule has 2 N–H and O–H groups in total. The lowest BCUT2D eigenvalue weighted by Gasteiger charge is -2.58. The van der Waals surface area contributed by atoms with Crippen LogP contribution in [0.25, 0.3) is 0 Å². The number of hydrogen-bond donors (Lipinski definition) is 2. The summed E-state index contributed by atoms with van der Waals surface area (Å²) < 4.78 is 34.7. The van der Waals surface area contributed by atoms with Crippen LogP contribution in [0.5, 0.6) is 0 Å². The lowest BCUT2D eigenvalue weighted by Crippen LogP contribution is -2.57. The average Bonchev–Trinajstić information content (AvgIpc) is 3.03. The molecular weight excluding hydrogens is 456 g/mol. The molecule has 7 atom stereocenters. The predicted molar refractivity (Wildman–Crippen MR) is 127 cm³/mol. The number of amides is 1. The molecule has 188 valence electrons. The van der Waals surface area contributed by atoms with Gasteiger partial charge in [0.05, 0.1) is 0 Å². The van der Waals surface area contributed by atoms with Crippen LogP contribution in [0.1, 0.15) is 66.7 Å². The van der Waals surface area contributed by atoms with Crippen molar-refractivity contribution in [3.8, 4) is 0 Å². The number of allylic oxidation sites excluding steroid dienone is 4. The summed E-state index contributed by atoms with van der Waals surface area (Å²) in [6.45, 7) is 9.18. The zero-order chi connectivity index (χ0) is 25.1. The molecule has 0 radical (unpaired) electrons. The number of ketones is 2. The van der Waals surface area contributed by atoms with Crippen LogP contribution < -0.4 is 9.44 Å². The quantitative estimate of drug-likeness (QED) is 0.607. The molecule has 0 aromatic carbocycles. The molecule has 2 saturated carbocycles. The molecule has 4 aliphatic carbocycles. The average molecular weight is 493 g/mol. The van der Waals surface area contributed by atoms with E-state index in [2.05, 4.69) is 24.6 Å². The number of carbonyl (C=O) groups is 3. The van der Waals surface area contributed by atoms with Gasteiger partial charge in [-0.3, -0.25) is 9.59 Å². The SMILES string of the molecule is CC(=O)C1CC[C@H]2C3C=CC4=CC(=O)CC[C@@]4(C)C3[C@@H](OC(=O)NS(=O)(=O)NC(C)C)C[C@]12C. The molecule has 34 heavy (non-hydrogen) atoms. The summed E-state index contributed by atoms with van der Waals surface area (Å²) in [6, 6.07) is -0.381. The van der Waals surface area contributed by atoms with Crippen molar-refractivity contribution < 1.29 is 27.5 Å². The van der Waals surface area contributed by atoms with Gasteiger partial charge < -0.3 is 4.74 Å². The van der Waals surface area contributed by atoms with Gasteiger partial charge in [0.2, 0.25) is 0 Å². The predicted octanol–water partition coefficient (Wildman–Crippen LogP) is 3.45. The number of fused-ring (bicyclic) bond motifs is 5. The summed E-state index contributed by atoms with van der Waals surface area (Å²) in [5, 5.41) is 0. The highest BCUT2D eigenvalue weighted by atomic mass is 32.2. The van der Waals surface area contributed by atoms with Crippen LogP contribution in [0.2, 0.25) is 0 Å². The first-order chi connectivity index (χ1) is 15.8. The third-order valence-electron chi connectivity index (χ3n) is 8.79. The topological polar surface area (TPSA) is 119 Å². The molecule has 8 nitrogen and oxygen atoms in total. The number of rotatable bonds is 5. The molecule has 0 bridgehead atoms. The van der Waals surface area contributed by atoms with Crippen molar-refractivity contribution >= 4 is 27.9 Å². The number of carbonyl (C=O) groups excluding carboxylic acids is 3. The highest BCUT2D eigenvalue weighted by molar-refractivity contribution is 7.88. The first-order valence-corrected chi connectivity index (χ1v) is 13.7. The fourth-order valence-electron chi connectivity index (χ4n) is 7.48. The Balaban J connectivity index is 1.71. The number of ether oxygens (including phenoxy) is 1. The van der Waals surface area contributed by atoms with E-state index >= 15 is 0 Å². The number of Topliss-reactive ketones (excluding diaryl/α,β-unsaturated/α-hetero) is 1. The summed E-state index contributed by atoms with van der Waals surface area (Å²) >= 11 is 0. The summed E-state index contributed by atoms with van der Waals surface area (Å²) in [5.74, 6) is 0.340. The molecule has 2 fully saturated rings. The van der Waals surface area contributed by atoms with Gasteiger partial charge >= 0.3 is 16.3 Å². The van der Waals surface area contributed by atoms with Crippen LogP contribution in [0.15, 0.2) is 23.8 Å². The summed E-state index contributed by atoms with van der Waals surface area (Å²) in [5.41, 5.74) is 0.223. The number of hydrogen-bond acceptors (Lipinski definition) is 6. The Morgan fingerprint density at radius 2 is 1.91 bits per heavy atom. The van der Waals surface area contributed by atoms with Gasteiger partial charge in [-0.25, -0.2) is 9.52 Å². The van der Waals surface area contributed by atoms with Crippen LogP contribution in [-0.4, -0.2) is 38.2 Å². The molecule has 9 heteroatoms. The largest absolute Gasteiger partial charge is 0.445 e. The van der Waals surface area contributed by atoms with E-state index in [0.29, 0.717) is 19.3 Å². The lowest BCUT2D eigenvalue weighted by atomic mass is 9.47. The van der Waals surface area contributed by atoms with Gasteiger partial charge in [-0.1, -0.05) is 26.0 Å². The van der Waals surface area contributed by atoms with Crippen molar-refractivity contribution in [2.24, 2.45) is 34.5 Å². The molecule has 0 aliphatic heterocycles. The van der Waals surface area contributed by atoms with E-state index in [0.717, 1.165) is 18.4 Å². The van der Waals surface area contributed by atoms with Gasteiger partial charge in [-0.2, -0.15) is 13.1 Å². The second-order valence-corrected chi connectivity index (χ2v) is 12.8. The van der Waals surface area contributed by atoms with Crippen molar-refractivity contribution in [1.29, 1.82) is 0 Å². The van der Waals surface area contributed by atoms with E-state index in [1.54, 1.807) is 26.8 Å². The maximum absolute atomic E-state index is 12.8. The Morgan fingerprint density at radius 1 is 1.21 bits per heavy atom. The fourth-order valence-corrected chi connectivity index (χ4v) is 8.43. The Morgan fingerprint density at radius 3 is 2.56 bits per heavy atom. The van der Waals surface area contributed by atoms with Gasteiger partial charge in [-0.15, -0.1) is 0 Å². The third kappa shape index (κ3) is 4.26. The minimum Gasteiger partial charge on any atom is -0.445 e. The Labute approximate surface area is 202 Å². The normalized spacial score (nSPS) is 39.1. The van der Waals surface area contributed by atoms with Gasteiger partial charge in [-0.05, 0) is 80.8 Å². The first kappa shape index (κ1) is 25.1. The van der Waals surface area contributed by atoms with Gasteiger partial charge in [0, 0.05) is 24.3 Å². The second-order valence-electron chi connectivity index (χ2n) is 11.3. The molecule has 0 aromatic heterocycles. The van der Waals surface area contributed by atoms with E-state index in [-0.39, 0.29) is 52.1 Å². The van der Waals surface area contributed by atoms with Crippen molar-refractivity contribution in [2.75, 3.05) is 0 Å². The fraction of sp³-hybridized carbons (Fsp3) is 0.720. The minimum absolute atomic E-state index is 0.0710. The van der Waals surface area contributed by atoms with Gasteiger partial charge in [0.25, 0.3) is 0 Å². The highest BCUT2D eigenvalue weighted by Gasteiger charge is 2.63. The van der Waals surface area contributed by atoms with Gasteiger partial charge in [0.15, 0.2) is 5.78 Å². The molecule has 1 amide bonds. The smallest absolute Gasteiger partial charge is 0.422 e. The standard InChI is InChI=1S/C25H36N2O6S/c1-14(2)26-34(31,32)27-23(30)33-21-13-25(5)19(15(3)28)8-9-20(25)18-7-6-16-12-17(29)10-11-24(16,4)22(18)21/h6-7,12,14,18-22,26H,8-11,13H2,1-5H3,(H,27,30)/t18?,19?,20-,21-,22?,24+,25+/m0/s1. The molecule has 4 aliphatic rings. The molecular formula is C25H36N2O6S. The lowest BCUT2D eigenvalue weighted by molar-refractivity contribution is -0.135. The Bertz CT molecular complexity index is 1060. The Kier molecular flexibility index (Phi) is 6.34. The zero-order valence-corrected chi connectivity index (χ0v) is 21.4. The summed E-state index contributed by atoms with van der Waals surface area (Å²) in [4.78, 5) is 37.5. The van der Waals surface area contributed by atoms with Crippen molar-refractivity contribution in [2.45, 2.75) is 78.9 Å². The van der Waals surface area contributed by atoms with Crippen molar-refractivity contribution in [3.05, 3.63) is 23.8 Å². The number of nitrogens with one attached hydrogen (secondary N) is 2. The molecule has 0 saturated heterocycles. The maximum Gasteiger partial charge on any atom is 0.422 e. The maximum atomic E-state index is 12.8. The van der Waals surface area contributed by atoms with Crippen LogP contribution in [0, 0.1) is 34.5 Å². The monoisotopic (exact) mass is 492 g/mol. The molecule has 0 aromatic rings. The van der Waals surface area contributed by atoms with Crippen LogP contribution in [-0.2, 0) is 24.5 Å².